The summed E-state index contributed by atoms with van der Waals surface area (Å²) in [7, 11) is 0. The van der Waals surface area contributed by atoms with Gasteiger partial charge < -0.3 is 41.0 Å². The number of carboxylic acid groups (broad SMARTS) is 1. The summed E-state index contributed by atoms with van der Waals surface area (Å²) < 4.78 is 5.83. The number of fused-ring (bicyclic) bond motifs is 2. The fourth-order valence-electron chi connectivity index (χ4n) is 6.43. The predicted octanol–water partition coefficient (Wildman–Crippen LogP) is 0.536. The third kappa shape index (κ3) is 14.6. The van der Waals surface area contributed by atoms with Crippen LogP contribution >= 0.6 is 36.2 Å². The fourth-order valence-corrected chi connectivity index (χ4v) is 7.39. The van der Waals surface area contributed by atoms with Crippen LogP contribution in [-0.4, -0.2) is 69.2 Å². The Labute approximate surface area is 318 Å². The fraction of sp³-hybridized carbons (Fsp3) is 0.727. The van der Waals surface area contributed by atoms with Crippen molar-refractivity contribution < 1.29 is 64.3 Å². The molecule has 0 bridgehead atoms. The molecule has 0 aromatic carbocycles. The number of nitrogen functional groups attached to an aromatic ring is 1. The van der Waals surface area contributed by atoms with Gasteiger partial charge in [0.25, 0.3) is 0 Å². The van der Waals surface area contributed by atoms with Crippen LogP contribution in [0.25, 0.3) is 0 Å². The molecule has 9 atom stereocenters. The predicted molar refractivity (Wildman–Crippen MR) is 184 cm³/mol. The van der Waals surface area contributed by atoms with Gasteiger partial charge in [0.2, 0.25) is 0 Å². The Hall–Kier alpha value is -0.730. The number of hydrogen-bond donors (Lipinski definition) is 5. The van der Waals surface area contributed by atoms with E-state index in [4.69, 9.17) is 10.5 Å². The Bertz CT molecular complexity index is 1160. The molecule has 3 aliphatic rings. The van der Waals surface area contributed by atoms with Crippen molar-refractivity contribution in [3.05, 3.63) is 34.4 Å². The van der Waals surface area contributed by atoms with E-state index in [9.17, 15) is 30.0 Å². The largest absolute Gasteiger partial charge is 1.00 e. The molecule has 0 radical (unpaired) electrons. The minimum absolute atomic E-state index is 0. The van der Waals surface area contributed by atoms with E-state index in [2.05, 4.69) is 30.2 Å². The van der Waals surface area contributed by atoms with Crippen LogP contribution in [0.2, 0.25) is 0 Å². The molecule has 0 aliphatic heterocycles. The Balaban J connectivity index is 0.00000105. The second kappa shape index (κ2) is 22.9. The van der Waals surface area contributed by atoms with E-state index in [1.54, 1.807) is 11.3 Å². The number of nitrogens with two attached hydrogens (primary N) is 1. The zero-order valence-electron chi connectivity index (χ0n) is 28.4. The number of halogens is 2. The Morgan fingerprint density at radius 2 is 1.94 bits per heavy atom. The number of aliphatic hydroxyl groups excluding tert-OH is 3. The maximum atomic E-state index is 12.4. The van der Waals surface area contributed by atoms with Crippen molar-refractivity contribution in [1.29, 1.82) is 0 Å². The molecule has 10 nitrogen and oxygen atoms in total. The van der Waals surface area contributed by atoms with Crippen molar-refractivity contribution in [3.8, 4) is 0 Å². The van der Waals surface area contributed by atoms with Crippen LogP contribution in [0.5, 0.6) is 0 Å². The molecule has 0 amide bonds. The SMILES string of the molecule is CCCN[C@H]1CCc2nc(N)sc2C1.CC[C@H](C)C(=O)O[C@H]1C[C@H](O)C=C2C=C[C@H](C)[C@H](CC[C@@H](O)C[C@@H](O)CC(=O)[O-])[C@H]21.Cl.Cl.[Na+]. The number of carbonyl (C=O) groups is 2. The number of ether oxygens (including phenoxy) is 1. The summed E-state index contributed by atoms with van der Waals surface area (Å²) in [6, 6.07) is 0.641. The number of carboxylic acids is 1. The molecule has 264 valence electrons. The molecular weight excluding hydrogens is 676 g/mol. The summed E-state index contributed by atoms with van der Waals surface area (Å²) in [6.45, 7) is 9.15. The van der Waals surface area contributed by atoms with Crippen LogP contribution in [0.15, 0.2) is 23.8 Å². The van der Waals surface area contributed by atoms with Crippen LogP contribution in [0.3, 0.4) is 0 Å². The van der Waals surface area contributed by atoms with Gasteiger partial charge in [0.05, 0.1) is 29.9 Å². The van der Waals surface area contributed by atoms with E-state index in [0.29, 0.717) is 31.7 Å². The molecule has 4 rings (SSSR count). The molecular formula is C33H54Cl2N3NaO7S. The molecule has 0 unspecified atom stereocenters. The third-order valence-electron chi connectivity index (χ3n) is 9.07. The molecule has 3 aliphatic carbocycles. The summed E-state index contributed by atoms with van der Waals surface area (Å²) >= 11 is 1.65. The summed E-state index contributed by atoms with van der Waals surface area (Å²) in [6.07, 6.45) is 8.92. The first kappa shape index (κ1) is 46.3. The number of aromatic nitrogens is 1. The van der Waals surface area contributed by atoms with Gasteiger partial charge in [-0.25, -0.2) is 4.98 Å². The van der Waals surface area contributed by atoms with Crippen molar-refractivity contribution in [1.82, 2.24) is 10.3 Å². The topological polar surface area (TPSA) is 178 Å². The molecule has 47 heavy (non-hydrogen) atoms. The van der Waals surface area contributed by atoms with E-state index in [1.807, 2.05) is 26.0 Å². The number of nitrogens with zero attached hydrogens (tertiary/aromatic N) is 1. The molecule has 0 fully saturated rings. The number of aryl methyl sites for hydroxylation is 1. The number of esters is 1. The minimum Gasteiger partial charge on any atom is -0.550 e. The summed E-state index contributed by atoms with van der Waals surface area (Å²) in [5.41, 5.74) is 7.88. The molecule has 0 saturated heterocycles. The van der Waals surface area contributed by atoms with Crippen molar-refractivity contribution in [2.75, 3.05) is 12.3 Å². The van der Waals surface area contributed by atoms with E-state index in [1.165, 1.54) is 23.4 Å². The molecule has 1 heterocycles. The van der Waals surface area contributed by atoms with E-state index >= 15 is 0 Å². The minimum atomic E-state index is -1.35. The number of aliphatic carboxylic acids is 1. The van der Waals surface area contributed by atoms with Crippen LogP contribution in [0.1, 0.15) is 89.6 Å². The van der Waals surface area contributed by atoms with E-state index in [-0.39, 0.29) is 90.4 Å². The second-order valence-corrected chi connectivity index (χ2v) is 13.8. The molecule has 1 aromatic rings. The van der Waals surface area contributed by atoms with Gasteiger partial charge in [-0.1, -0.05) is 45.9 Å². The van der Waals surface area contributed by atoms with Gasteiger partial charge in [-0.3, -0.25) is 4.79 Å². The first-order valence-electron chi connectivity index (χ1n) is 16.2. The summed E-state index contributed by atoms with van der Waals surface area (Å²) in [4.78, 5) is 28.7. The number of allylic oxidation sites excluding steroid dienone is 2. The number of thiazole rings is 1. The number of nitrogens with one attached hydrogen (secondary N) is 1. The van der Waals surface area contributed by atoms with Crippen LogP contribution in [0, 0.1) is 23.7 Å². The van der Waals surface area contributed by atoms with Gasteiger partial charge in [0.15, 0.2) is 5.13 Å². The van der Waals surface area contributed by atoms with Crippen LogP contribution < -0.4 is 45.7 Å². The van der Waals surface area contributed by atoms with Crippen molar-refractivity contribution in [2.24, 2.45) is 23.7 Å². The smallest absolute Gasteiger partial charge is 0.550 e. The molecule has 0 saturated carbocycles. The number of anilines is 1. The summed E-state index contributed by atoms with van der Waals surface area (Å²) in [5, 5.41) is 45.1. The van der Waals surface area contributed by atoms with Gasteiger partial charge in [-0.15, -0.1) is 36.2 Å². The molecule has 14 heteroatoms. The first-order valence-corrected chi connectivity index (χ1v) is 17.0. The Kier molecular flexibility index (Phi) is 22.5. The van der Waals surface area contributed by atoms with Crippen molar-refractivity contribution in [2.45, 2.75) is 122 Å². The maximum Gasteiger partial charge on any atom is 1.00 e. The van der Waals surface area contributed by atoms with Crippen LogP contribution in [0.4, 0.5) is 5.13 Å². The Morgan fingerprint density at radius 1 is 1.23 bits per heavy atom. The monoisotopic (exact) mass is 729 g/mol. The average Bonchev–Trinajstić information content (AvgIpc) is 3.34. The van der Waals surface area contributed by atoms with E-state index in [0.717, 1.165) is 30.1 Å². The summed E-state index contributed by atoms with van der Waals surface area (Å²) in [5.74, 6) is -1.60. The molecule has 0 spiro atoms. The quantitative estimate of drug-likeness (QED) is 0.142. The second-order valence-electron chi connectivity index (χ2n) is 12.7. The normalized spacial score (nSPS) is 26.1. The van der Waals surface area contributed by atoms with Gasteiger partial charge in [-0.05, 0) is 75.3 Å². The van der Waals surface area contributed by atoms with E-state index < -0.39 is 36.8 Å². The zero-order valence-corrected chi connectivity index (χ0v) is 32.9. The zero-order chi connectivity index (χ0) is 32.4. The van der Waals surface area contributed by atoms with Crippen molar-refractivity contribution in [3.63, 3.8) is 0 Å². The van der Waals surface area contributed by atoms with Gasteiger partial charge in [0.1, 0.15) is 6.10 Å². The van der Waals surface area contributed by atoms with Gasteiger partial charge in [-0.2, -0.15) is 0 Å². The number of rotatable bonds is 13. The van der Waals surface area contributed by atoms with Gasteiger partial charge >= 0.3 is 35.5 Å². The van der Waals surface area contributed by atoms with Gasteiger partial charge in [0, 0.05) is 35.6 Å². The standard InChI is InChI=1S/C23H36O7.C10H17N3S.2ClH.Na/c1-4-13(2)23(29)30-20-11-17(25)9-15-6-5-14(3)19(22(15)20)8-7-16(24)10-18(26)12-21(27)28;1-2-5-12-7-3-4-8-9(6-7)14-10(11)13-8;;;/h5-6,9,13-14,16-20,22,24-26H,4,7-8,10-12H2,1-3H3,(H,27,28);7,12H,2-6H2,1H3,(H2,11,13);2*1H;/q;;;;+1/p-1/t13-,14-,16+,17+,18+,19-,20-,22-;7-;;;/m00.../s1. The first-order chi connectivity index (χ1) is 20.9. The third-order valence-corrected chi connectivity index (χ3v) is 10.0. The van der Waals surface area contributed by atoms with Crippen molar-refractivity contribution >= 4 is 53.2 Å². The number of hydrogen-bond acceptors (Lipinski definition) is 11. The molecule has 6 N–H and O–H groups in total. The maximum absolute atomic E-state index is 12.4. The number of aliphatic hydroxyl groups is 3. The molecule has 1 aromatic heterocycles. The Morgan fingerprint density at radius 3 is 2.57 bits per heavy atom. The van der Waals surface area contributed by atoms with Crippen LogP contribution in [-0.2, 0) is 27.2 Å². The average molecular weight is 731 g/mol. The number of carbonyl (C=O) groups excluding carboxylic acids is 2.